The molecule has 1 radical (unpaired) electrons. The Balaban J connectivity index is 1.72. The van der Waals surface area contributed by atoms with E-state index in [4.69, 9.17) is 19.5 Å². The molecule has 1 fully saturated rings. The van der Waals surface area contributed by atoms with E-state index in [1.54, 1.807) is 7.11 Å². The Hall–Kier alpha value is -1.96. The lowest BCUT2D eigenvalue weighted by Crippen LogP contribution is -2.63. The summed E-state index contributed by atoms with van der Waals surface area (Å²) >= 11 is 0. The first-order valence-corrected chi connectivity index (χ1v) is 12.9. The van der Waals surface area contributed by atoms with E-state index in [1.165, 1.54) is 11.1 Å². The number of rotatable bonds is 12. The van der Waals surface area contributed by atoms with Crippen molar-refractivity contribution in [2.75, 3.05) is 39.9 Å². The molecular weight excluding hydrogens is 438 g/mol. The number of piperazine rings is 1. The van der Waals surface area contributed by atoms with Crippen LogP contribution in [0, 0.1) is 6.92 Å². The quantitative estimate of drug-likeness (QED) is 0.477. The van der Waals surface area contributed by atoms with Crippen LogP contribution >= 0.6 is 0 Å². The first kappa shape index (κ1) is 27.6. The van der Waals surface area contributed by atoms with Gasteiger partial charge < -0.3 is 19.5 Å². The van der Waals surface area contributed by atoms with Gasteiger partial charge in [-0.25, -0.2) is 10.2 Å². The highest BCUT2D eigenvalue weighted by atomic mass is 16.6. The molecule has 0 aliphatic carbocycles. The number of hydrogen-bond donors (Lipinski definition) is 1. The number of nitrogens with zero attached hydrogens (tertiary/aromatic N) is 2. The molecule has 2 aromatic rings. The SMILES string of the molecule is COC1(c2ccccc2)CNCCN1C(C)OCC(C[N]C(C)C)Oc1ccc(C(C)C)c(C)c1. The largest absolute Gasteiger partial charge is 0.487 e. The normalized spacial score (nSPS) is 20.8. The van der Waals surface area contributed by atoms with Crippen LogP contribution in [-0.4, -0.2) is 63.2 Å². The Morgan fingerprint density at radius 2 is 1.80 bits per heavy atom. The Morgan fingerprint density at radius 1 is 1.06 bits per heavy atom. The number of nitrogens with one attached hydrogen (secondary N) is 1. The van der Waals surface area contributed by atoms with Gasteiger partial charge in [0.2, 0.25) is 0 Å². The predicted octanol–water partition coefficient (Wildman–Crippen LogP) is 4.65. The second-order valence-electron chi connectivity index (χ2n) is 10.0. The van der Waals surface area contributed by atoms with E-state index in [9.17, 15) is 0 Å². The van der Waals surface area contributed by atoms with Crippen LogP contribution in [0.2, 0.25) is 0 Å². The number of methoxy groups -OCH3 is 1. The van der Waals surface area contributed by atoms with Gasteiger partial charge in [0.15, 0.2) is 5.72 Å². The maximum absolute atomic E-state index is 6.45. The van der Waals surface area contributed by atoms with Crippen LogP contribution < -0.4 is 15.4 Å². The van der Waals surface area contributed by atoms with Crippen LogP contribution in [0.5, 0.6) is 5.75 Å². The Bertz CT molecular complexity index is 905. The van der Waals surface area contributed by atoms with Gasteiger partial charge in [-0.3, -0.25) is 0 Å². The second-order valence-corrected chi connectivity index (χ2v) is 10.0. The van der Waals surface area contributed by atoms with E-state index in [-0.39, 0.29) is 18.4 Å². The predicted molar refractivity (Wildman–Crippen MR) is 142 cm³/mol. The molecule has 193 valence electrons. The topological polar surface area (TPSA) is 57.1 Å². The van der Waals surface area contributed by atoms with Gasteiger partial charge >= 0.3 is 0 Å². The van der Waals surface area contributed by atoms with E-state index in [0.717, 1.165) is 24.4 Å². The zero-order valence-corrected chi connectivity index (χ0v) is 22.6. The molecule has 1 aliphatic heterocycles. The molecule has 0 spiro atoms. The minimum atomic E-state index is -0.582. The van der Waals surface area contributed by atoms with Gasteiger partial charge in [0.1, 0.15) is 18.1 Å². The minimum Gasteiger partial charge on any atom is -0.487 e. The average Bonchev–Trinajstić information content (AvgIpc) is 2.85. The molecule has 0 bridgehead atoms. The van der Waals surface area contributed by atoms with Gasteiger partial charge in [-0.15, -0.1) is 0 Å². The monoisotopic (exact) mass is 482 g/mol. The summed E-state index contributed by atoms with van der Waals surface area (Å²) in [5.41, 5.74) is 3.14. The lowest BCUT2D eigenvalue weighted by molar-refractivity contribution is -0.221. The molecule has 1 N–H and O–H groups in total. The van der Waals surface area contributed by atoms with Crippen LogP contribution in [0.15, 0.2) is 48.5 Å². The highest BCUT2D eigenvalue weighted by Crippen LogP contribution is 2.33. The molecule has 3 unspecified atom stereocenters. The number of aryl methyl sites for hydroxylation is 1. The van der Waals surface area contributed by atoms with Crippen molar-refractivity contribution in [2.45, 2.75) is 71.6 Å². The molecule has 1 heterocycles. The standard InChI is InChI=1S/C29H44N3O3/c1-21(2)28-14-13-26(17-23(28)5)35-27(18-31-22(3)4)19-34-24(6)32-16-15-30-20-29(32,33-7)25-11-9-8-10-12-25/h8-14,17,21-22,24,27,30H,15-16,18-20H2,1-7H3. The molecule has 1 saturated heterocycles. The Kier molecular flexibility index (Phi) is 10.1. The molecule has 1 aliphatic rings. The van der Waals surface area contributed by atoms with Gasteiger partial charge in [-0.1, -0.05) is 50.2 Å². The van der Waals surface area contributed by atoms with Crippen LogP contribution in [0.1, 0.15) is 57.2 Å². The summed E-state index contributed by atoms with van der Waals surface area (Å²) in [5, 5.41) is 8.21. The summed E-state index contributed by atoms with van der Waals surface area (Å²) in [4.78, 5) is 2.30. The van der Waals surface area contributed by atoms with Crippen molar-refractivity contribution in [1.82, 2.24) is 15.5 Å². The third-order valence-electron chi connectivity index (χ3n) is 6.72. The third-order valence-corrected chi connectivity index (χ3v) is 6.72. The number of benzene rings is 2. The van der Waals surface area contributed by atoms with Crippen molar-refractivity contribution in [3.8, 4) is 5.75 Å². The van der Waals surface area contributed by atoms with Gasteiger partial charge in [0, 0.05) is 38.3 Å². The van der Waals surface area contributed by atoms with Gasteiger partial charge in [0.25, 0.3) is 0 Å². The molecule has 0 amide bonds. The fraction of sp³-hybridized carbons (Fsp3) is 0.586. The highest BCUT2D eigenvalue weighted by Gasteiger charge is 2.43. The molecule has 3 atom stereocenters. The van der Waals surface area contributed by atoms with E-state index >= 15 is 0 Å². The summed E-state index contributed by atoms with van der Waals surface area (Å²) in [6, 6.07) is 17.0. The maximum Gasteiger partial charge on any atom is 0.161 e. The zero-order valence-electron chi connectivity index (χ0n) is 22.6. The molecule has 0 saturated carbocycles. The molecule has 6 heteroatoms. The van der Waals surface area contributed by atoms with Gasteiger partial charge in [-0.2, -0.15) is 0 Å². The highest BCUT2D eigenvalue weighted by molar-refractivity contribution is 5.36. The van der Waals surface area contributed by atoms with Crippen molar-refractivity contribution in [3.63, 3.8) is 0 Å². The van der Waals surface area contributed by atoms with Gasteiger partial charge in [0.05, 0.1) is 13.2 Å². The minimum absolute atomic E-state index is 0.160. The smallest absolute Gasteiger partial charge is 0.161 e. The average molecular weight is 483 g/mol. The fourth-order valence-corrected chi connectivity index (χ4v) is 4.84. The maximum atomic E-state index is 6.45. The molecule has 6 nitrogen and oxygen atoms in total. The van der Waals surface area contributed by atoms with E-state index in [0.29, 0.717) is 25.6 Å². The summed E-state index contributed by atoms with van der Waals surface area (Å²) < 4.78 is 19.0. The molecule has 35 heavy (non-hydrogen) atoms. The Morgan fingerprint density at radius 3 is 2.43 bits per heavy atom. The zero-order chi connectivity index (χ0) is 25.4. The number of hydrogen-bond acceptors (Lipinski definition) is 5. The number of ether oxygens (including phenoxy) is 3. The van der Waals surface area contributed by atoms with Crippen molar-refractivity contribution in [2.24, 2.45) is 0 Å². The van der Waals surface area contributed by atoms with Crippen LogP contribution in [0.25, 0.3) is 0 Å². The van der Waals surface area contributed by atoms with Crippen molar-refractivity contribution < 1.29 is 14.2 Å². The van der Waals surface area contributed by atoms with Crippen molar-refractivity contribution >= 4 is 0 Å². The van der Waals surface area contributed by atoms with Crippen LogP contribution in [-0.2, 0) is 15.2 Å². The molecular formula is C29H44N3O3. The molecule has 3 rings (SSSR count). The first-order valence-electron chi connectivity index (χ1n) is 12.9. The van der Waals surface area contributed by atoms with E-state index in [2.05, 4.69) is 94.2 Å². The van der Waals surface area contributed by atoms with E-state index in [1.807, 2.05) is 6.07 Å². The first-order chi connectivity index (χ1) is 16.8. The summed E-state index contributed by atoms with van der Waals surface area (Å²) in [6.45, 7) is 16.3. The Labute approximate surface area is 212 Å². The van der Waals surface area contributed by atoms with Crippen LogP contribution in [0.4, 0.5) is 0 Å². The molecule has 2 aromatic carbocycles. The lowest BCUT2D eigenvalue weighted by atomic mass is 9.98. The second kappa shape index (κ2) is 12.8. The van der Waals surface area contributed by atoms with Gasteiger partial charge in [-0.05, 0) is 56.9 Å². The van der Waals surface area contributed by atoms with Crippen LogP contribution in [0.3, 0.4) is 0 Å². The van der Waals surface area contributed by atoms with Crippen molar-refractivity contribution in [3.05, 3.63) is 65.2 Å². The third kappa shape index (κ3) is 7.05. The summed E-state index contributed by atoms with van der Waals surface area (Å²) in [7, 11) is 1.77. The summed E-state index contributed by atoms with van der Waals surface area (Å²) in [6.07, 6.45) is -0.326. The van der Waals surface area contributed by atoms with E-state index < -0.39 is 5.72 Å². The fourth-order valence-electron chi connectivity index (χ4n) is 4.84. The van der Waals surface area contributed by atoms with Crippen molar-refractivity contribution in [1.29, 1.82) is 0 Å². The molecule has 0 aromatic heterocycles. The summed E-state index contributed by atoms with van der Waals surface area (Å²) in [5.74, 6) is 1.36. The lowest BCUT2D eigenvalue weighted by Gasteiger charge is -2.49.